The highest BCUT2D eigenvalue weighted by Crippen LogP contribution is 2.24. The number of aromatic nitrogens is 3. The van der Waals surface area contributed by atoms with Crippen LogP contribution in [0.15, 0.2) is 12.5 Å². The molecule has 1 fully saturated rings. The number of nitrogens with one attached hydrogen (secondary N) is 1. The molecule has 77 valence electrons. The third kappa shape index (κ3) is 1.35. The number of nitrogens with two attached hydrogens (primary N) is 1. The van der Waals surface area contributed by atoms with Crippen molar-refractivity contribution in [3.05, 3.63) is 18.6 Å². The monoisotopic (exact) mass is 202 g/mol. The molecule has 2 aromatic heterocycles. The van der Waals surface area contributed by atoms with Crippen LogP contribution in [0.5, 0.6) is 0 Å². The van der Waals surface area contributed by atoms with Gasteiger partial charge in [-0.1, -0.05) is 0 Å². The lowest BCUT2D eigenvalue weighted by atomic mass is 10.3. The molecule has 0 saturated carbocycles. The van der Waals surface area contributed by atoms with Gasteiger partial charge in [0, 0.05) is 31.4 Å². The minimum absolute atomic E-state index is 0.258. The molecule has 1 atom stereocenters. The molecule has 0 amide bonds. The summed E-state index contributed by atoms with van der Waals surface area (Å²) in [6, 6.07) is 3.38. The largest absolute Gasteiger partial charge is 0.354 e. The summed E-state index contributed by atoms with van der Waals surface area (Å²) in [5, 5.41) is 0.951. The van der Waals surface area contributed by atoms with Crippen LogP contribution in [0.4, 0.5) is 5.82 Å². The molecular weight excluding hydrogens is 190 g/mol. The van der Waals surface area contributed by atoms with Crippen molar-refractivity contribution < 1.29 is 0 Å². The molecule has 0 aromatic carbocycles. The molecule has 1 aliphatic rings. The first-order valence-electron chi connectivity index (χ1n) is 5.05. The fourth-order valence-corrected chi connectivity index (χ4v) is 2.01. The van der Waals surface area contributed by atoms with Crippen molar-refractivity contribution >= 4 is 16.9 Å². The summed E-state index contributed by atoms with van der Waals surface area (Å²) in [4.78, 5) is 13.7. The number of aromatic amines is 1. The summed E-state index contributed by atoms with van der Waals surface area (Å²) >= 11 is 0. The third-order valence-electron chi connectivity index (χ3n) is 2.78. The topological polar surface area (TPSA) is 70.8 Å². The van der Waals surface area contributed by atoms with E-state index in [0.717, 1.165) is 36.4 Å². The van der Waals surface area contributed by atoms with E-state index in [-0.39, 0.29) is 6.04 Å². The zero-order valence-corrected chi connectivity index (χ0v) is 8.27. The number of rotatable bonds is 1. The number of hydrogen-bond acceptors (Lipinski definition) is 4. The SMILES string of the molecule is NC1CCN(c2ncnc3[nH]c[c]c23)C1. The first kappa shape index (κ1) is 8.67. The molecule has 1 aliphatic heterocycles. The van der Waals surface area contributed by atoms with E-state index in [1.54, 1.807) is 12.5 Å². The molecule has 1 radical (unpaired) electrons. The second-order valence-electron chi connectivity index (χ2n) is 3.85. The van der Waals surface area contributed by atoms with E-state index < -0.39 is 0 Å². The highest BCUT2D eigenvalue weighted by molar-refractivity contribution is 5.86. The summed E-state index contributed by atoms with van der Waals surface area (Å²) in [5.74, 6) is 0.939. The number of fused-ring (bicyclic) bond motifs is 1. The summed E-state index contributed by atoms with van der Waals surface area (Å²) in [7, 11) is 0. The Labute approximate surface area is 87.3 Å². The maximum Gasteiger partial charge on any atom is 0.143 e. The minimum atomic E-state index is 0.258. The van der Waals surface area contributed by atoms with Crippen LogP contribution in [0.1, 0.15) is 6.42 Å². The second kappa shape index (κ2) is 3.20. The van der Waals surface area contributed by atoms with Crippen LogP contribution in [-0.2, 0) is 0 Å². The first-order chi connectivity index (χ1) is 7.34. The van der Waals surface area contributed by atoms with Crippen LogP contribution in [0.2, 0.25) is 0 Å². The molecule has 1 saturated heterocycles. The number of nitrogens with zero attached hydrogens (tertiary/aromatic N) is 3. The van der Waals surface area contributed by atoms with Crippen LogP contribution in [-0.4, -0.2) is 34.1 Å². The second-order valence-corrected chi connectivity index (χ2v) is 3.85. The van der Waals surface area contributed by atoms with Crippen molar-refractivity contribution in [3.63, 3.8) is 0 Å². The summed E-state index contributed by atoms with van der Waals surface area (Å²) < 4.78 is 0. The molecule has 2 aromatic rings. The van der Waals surface area contributed by atoms with Crippen molar-refractivity contribution in [2.24, 2.45) is 5.73 Å². The number of anilines is 1. The standard InChI is InChI=1S/C10H12N5/c11-7-2-4-15(5-7)10-8-1-3-12-9(8)13-6-14-10/h3,6-7H,2,4-5,11H2,(H,12,13,14). The lowest BCUT2D eigenvalue weighted by Crippen LogP contribution is -2.27. The fraction of sp³-hybridized carbons (Fsp3) is 0.400. The molecule has 5 heteroatoms. The van der Waals surface area contributed by atoms with Crippen molar-refractivity contribution in [1.29, 1.82) is 0 Å². The average Bonchev–Trinajstić information content (AvgIpc) is 2.84. The predicted octanol–water partition coefficient (Wildman–Crippen LogP) is 0.295. The van der Waals surface area contributed by atoms with E-state index in [1.807, 2.05) is 0 Å². The van der Waals surface area contributed by atoms with Crippen LogP contribution in [0.25, 0.3) is 11.0 Å². The maximum absolute atomic E-state index is 5.88. The van der Waals surface area contributed by atoms with E-state index in [9.17, 15) is 0 Å². The van der Waals surface area contributed by atoms with E-state index in [1.165, 1.54) is 0 Å². The Hall–Kier alpha value is -1.62. The maximum atomic E-state index is 5.88. The Kier molecular flexibility index (Phi) is 1.85. The lowest BCUT2D eigenvalue weighted by Gasteiger charge is -2.16. The normalized spacial score (nSPS) is 21.4. The molecule has 0 spiro atoms. The van der Waals surface area contributed by atoms with Crippen molar-refractivity contribution in [2.45, 2.75) is 12.5 Å². The molecule has 1 unspecified atom stereocenters. The van der Waals surface area contributed by atoms with Crippen LogP contribution in [0.3, 0.4) is 0 Å². The Morgan fingerprint density at radius 3 is 3.27 bits per heavy atom. The van der Waals surface area contributed by atoms with Gasteiger partial charge in [0.25, 0.3) is 0 Å². The van der Waals surface area contributed by atoms with Gasteiger partial charge in [-0.2, -0.15) is 0 Å². The van der Waals surface area contributed by atoms with Gasteiger partial charge in [-0.05, 0) is 6.42 Å². The lowest BCUT2D eigenvalue weighted by molar-refractivity contribution is 0.751. The van der Waals surface area contributed by atoms with Crippen LogP contribution in [0, 0.1) is 6.07 Å². The molecule has 0 aliphatic carbocycles. The Bertz CT molecular complexity index is 477. The fourth-order valence-electron chi connectivity index (χ4n) is 2.01. The summed E-state index contributed by atoms with van der Waals surface area (Å²) in [5.41, 5.74) is 6.71. The van der Waals surface area contributed by atoms with E-state index in [0.29, 0.717) is 0 Å². The van der Waals surface area contributed by atoms with Gasteiger partial charge >= 0.3 is 0 Å². The molecule has 0 bridgehead atoms. The van der Waals surface area contributed by atoms with Gasteiger partial charge < -0.3 is 15.6 Å². The molecule has 15 heavy (non-hydrogen) atoms. The van der Waals surface area contributed by atoms with E-state index >= 15 is 0 Å². The van der Waals surface area contributed by atoms with Crippen molar-refractivity contribution in [2.75, 3.05) is 18.0 Å². The summed E-state index contributed by atoms with van der Waals surface area (Å²) in [6.45, 7) is 1.83. The number of hydrogen-bond donors (Lipinski definition) is 2. The first-order valence-corrected chi connectivity index (χ1v) is 5.05. The number of H-pyrrole nitrogens is 1. The zero-order chi connectivity index (χ0) is 10.3. The van der Waals surface area contributed by atoms with Crippen molar-refractivity contribution in [3.8, 4) is 0 Å². The van der Waals surface area contributed by atoms with E-state index in [4.69, 9.17) is 5.73 Å². The summed E-state index contributed by atoms with van der Waals surface area (Å²) in [6.07, 6.45) is 4.36. The third-order valence-corrected chi connectivity index (χ3v) is 2.78. The average molecular weight is 202 g/mol. The Morgan fingerprint density at radius 2 is 2.47 bits per heavy atom. The highest BCUT2D eigenvalue weighted by Gasteiger charge is 2.22. The molecule has 5 nitrogen and oxygen atoms in total. The van der Waals surface area contributed by atoms with Gasteiger partial charge in [-0.3, -0.25) is 0 Å². The van der Waals surface area contributed by atoms with Crippen LogP contribution >= 0.6 is 0 Å². The molecular formula is C10H12N5. The van der Waals surface area contributed by atoms with Gasteiger partial charge in [0.1, 0.15) is 17.8 Å². The molecule has 3 rings (SSSR count). The smallest absolute Gasteiger partial charge is 0.143 e. The Morgan fingerprint density at radius 1 is 1.53 bits per heavy atom. The minimum Gasteiger partial charge on any atom is -0.354 e. The molecule has 3 heterocycles. The van der Waals surface area contributed by atoms with Gasteiger partial charge in [0.15, 0.2) is 0 Å². The predicted molar refractivity (Wildman–Crippen MR) is 57.5 cm³/mol. The van der Waals surface area contributed by atoms with E-state index in [2.05, 4.69) is 25.9 Å². The van der Waals surface area contributed by atoms with Gasteiger partial charge in [-0.15, -0.1) is 0 Å². The Balaban J connectivity index is 2.06. The quantitative estimate of drug-likeness (QED) is 0.697. The zero-order valence-electron chi connectivity index (χ0n) is 8.27. The van der Waals surface area contributed by atoms with Crippen LogP contribution < -0.4 is 10.6 Å². The van der Waals surface area contributed by atoms with Gasteiger partial charge in [0.2, 0.25) is 0 Å². The van der Waals surface area contributed by atoms with Gasteiger partial charge in [0.05, 0.1) is 5.39 Å². The highest BCUT2D eigenvalue weighted by atomic mass is 15.2. The molecule has 3 N–H and O–H groups in total. The van der Waals surface area contributed by atoms with Crippen molar-refractivity contribution in [1.82, 2.24) is 15.0 Å². The van der Waals surface area contributed by atoms with Gasteiger partial charge in [-0.25, -0.2) is 9.97 Å².